The maximum absolute atomic E-state index is 11.1. The van der Waals surface area contributed by atoms with Crippen LogP contribution in [0.5, 0.6) is 0 Å². The number of unbranched alkanes of at least 4 members (excludes halogenated alkanes) is 1. The molecule has 0 saturated carbocycles. The molecule has 15 heavy (non-hydrogen) atoms. The Balaban J connectivity index is 2.86. The van der Waals surface area contributed by atoms with E-state index in [4.69, 9.17) is 0 Å². The summed E-state index contributed by atoms with van der Waals surface area (Å²) in [6.07, 6.45) is 5.03. The van der Waals surface area contributed by atoms with Gasteiger partial charge in [0, 0.05) is 0 Å². The molecule has 1 rings (SSSR count). The highest BCUT2D eigenvalue weighted by atomic mass is 16.1. The minimum atomic E-state index is 0.130. The van der Waals surface area contributed by atoms with E-state index in [0.717, 1.165) is 24.8 Å². The van der Waals surface area contributed by atoms with Crippen molar-refractivity contribution in [1.82, 2.24) is 0 Å². The molecule has 0 aliphatic heterocycles. The highest BCUT2D eigenvalue weighted by Gasteiger charge is 2.01. The van der Waals surface area contributed by atoms with Gasteiger partial charge in [-0.25, -0.2) is 0 Å². The second-order valence-corrected chi connectivity index (χ2v) is 3.75. The second-order valence-electron chi connectivity index (χ2n) is 3.75. The van der Waals surface area contributed by atoms with Crippen molar-refractivity contribution in [3.05, 3.63) is 42.0 Å². The largest absolute Gasteiger partial charge is 0.295 e. The van der Waals surface area contributed by atoms with Crippen LogP contribution < -0.4 is 0 Å². The third-order valence-corrected chi connectivity index (χ3v) is 2.32. The van der Waals surface area contributed by atoms with Gasteiger partial charge < -0.3 is 0 Å². The molecule has 1 heteroatoms. The molecule has 1 aromatic carbocycles. The number of benzene rings is 1. The van der Waals surface area contributed by atoms with Crippen molar-refractivity contribution >= 4 is 11.4 Å². The van der Waals surface area contributed by atoms with E-state index in [-0.39, 0.29) is 5.78 Å². The van der Waals surface area contributed by atoms with Crippen LogP contribution in [0.15, 0.2) is 36.4 Å². The first kappa shape index (κ1) is 11.7. The van der Waals surface area contributed by atoms with Crippen molar-refractivity contribution < 1.29 is 4.79 Å². The summed E-state index contributed by atoms with van der Waals surface area (Å²) in [6.45, 7) is 3.77. The van der Waals surface area contributed by atoms with Crippen molar-refractivity contribution in [2.45, 2.75) is 33.1 Å². The SMILES string of the molecule is CCCCC(=CC(C)=O)c1ccccc1. The molecule has 0 amide bonds. The molecule has 0 bridgehead atoms. The minimum Gasteiger partial charge on any atom is -0.295 e. The molecule has 0 atom stereocenters. The molecule has 1 aromatic rings. The Hall–Kier alpha value is -1.37. The predicted molar refractivity (Wildman–Crippen MR) is 64.6 cm³/mol. The lowest BCUT2D eigenvalue weighted by atomic mass is 9.99. The van der Waals surface area contributed by atoms with Crippen LogP contribution in [0, 0.1) is 0 Å². The standard InChI is InChI=1S/C14H18O/c1-3-4-8-14(11-12(2)15)13-9-6-5-7-10-13/h5-7,9-11H,3-4,8H2,1-2H3. The monoisotopic (exact) mass is 202 g/mol. The van der Waals surface area contributed by atoms with E-state index in [0.29, 0.717) is 0 Å². The van der Waals surface area contributed by atoms with E-state index in [2.05, 4.69) is 19.1 Å². The van der Waals surface area contributed by atoms with Crippen LogP contribution in [0.25, 0.3) is 5.57 Å². The lowest BCUT2D eigenvalue weighted by molar-refractivity contribution is -0.112. The molecule has 0 N–H and O–H groups in total. The second kappa shape index (κ2) is 6.18. The third kappa shape index (κ3) is 4.11. The molecule has 0 aliphatic rings. The minimum absolute atomic E-state index is 0.130. The number of hydrogen-bond donors (Lipinski definition) is 0. The van der Waals surface area contributed by atoms with Gasteiger partial charge in [0.15, 0.2) is 5.78 Å². The van der Waals surface area contributed by atoms with Gasteiger partial charge in [-0.2, -0.15) is 0 Å². The van der Waals surface area contributed by atoms with Crippen LogP contribution >= 0.6 is 0 Å². The molecular formula is C14H18O. The Morgan fingerprint density at radius 2 is 1.93 bits per heavy atom. The predicted octanol–water partition coefficient (Wildman–Crippen LogP) is 3.85. The molecule has 0 aromatic heterocycles. The van der Waals surface area contributed by atoms with E-state index in [9.17, 15) is 4.79 Å². The molecule has 1 nitrogen and oxygen atoms in total. The van der Waals surface area contributed by atoms with Crippen LogP contribution in [-0.4, -0.2) is 5.78 Å². The van der Waals surface area contributed by atoms with E-state index in [1.165, 1.54) is 5.56 Å². The Morgan fingerprint density at radius 1 is 1.27 bits per heavy atom. The van der Waals surface area contributed by atoms with E-state index < -0.39 is 0 Å². The topological polar surface area (TPSA) is 17.1 Å². The molecule has 0 fully saturated rings. The average Bonchev–Trinajstić information content (AvgIpc) is 2.25. The van der Waals surface area contributed by atoms with Crippen LogP contribution in [0.1, 0.15) is 38.7 Å². The summed E-state index contributed by atoms with van der Waals surface area (Å²) in [5.74, 6) is 0.130. The smallest absolute Gasteiger partial charge is 0.152 e. The quantitative estimate of drug-likeness (QED) is 0.663. The fourth-order valence-corrected chi connectivity index (χ4v) is 1.56. The van der Waals surface area contributed by atoms with Gasteiger partial charge in [0.05, 0.1) is 0 Å². The summed E-state index contributed by atoms with van der Waals surface area (Å²) in [5.41, 5.74) is 2.33. The molecule has 0 unspecified atom stereocenters. The number of allylic oxidation sites excluding steroid dienone is 2. The van der Waals surface area contributed by atoms with Crippen LogP contribution in [-0.2, 0) is 4.79 Å². The van der Waals surface area contributed by atoms with Gasteiger partial charge in [-0.1, -0.05) is 43.7 Å². The summed E-state index contributed by atoms with van der Waals surface area (Å²) in [5, 5.41) is 0. The van der Waals surface area contributed by atoms with Gasteiger partial charge >= 0.3 is 0 Å². The first-order valence-corrected chi connectivity index (χ1v) is 5.50. The molecule has 0 heterocycles. The number of hydrogen-bond acceptors (Lipinski definition) is 1. The van der Waals surface area contributed by atoms with Gasteiger partial charge in [-0.15, -0.1) is 0 Å². The fourth-order valence-electron chi connectivity index (χ4n) is 1.56. The number of carbonyl (C=O) groups excluding carboxylic acids is 1. The van der Waals surface area contributed by atoms with Crippen molar-refractivity contribution in [2.75, 3.05) is 0 Å². The third-order valence-electron chi connectivity index (χ3n) is 2.32. The maximum atomic E-state index is 11.1. The van der Waals surface area contributed by atoms with Gasteiger partial charge in [0.1, 0.15) is 0 Å². The molecule has 0 saturated heterocycles. The van der Waals surface area contributed by atoms with Gasteiger partial charge in [0.2, 0.25) is 0 Å². The normalized spacial score (nSPS) is 11.5. The Bertz CT molecular complexity index is 336. The summed E-state index contributed by atoms with van der Waals surface area (Å²) < 4.78 is 0. The zero-order valence-corrected chi connectivity index (χ0v) is 9.49. The zero-order chi connectivity index (χ0) is 11.1. The van der Waals surface area contributed by atoms with Crippen LogP contribution in [0.2, 0.25) is 0 Å². The van der Waals surface area contributed by atoms with Crippen molar-refractivity contribution in [3.63, 3.8) is 0 Å². The van der Waals surface area contributed by atoms with Gasteiger partial charge in [0.25, 0.3) is 0 Å². The molecular weight excluding hydrogens is 184 g/mol. The molecule has 0 radical (unpaired) electrons. The zero-order valence-electron chi connectivity index (χ0n) is 9.49. The van der Waals surface area contributed by atoms with E-state index in [1.54, 1.807) is 13.0 Å². The molecule has 0 aliphatic carbocycles. The number of carbonyl (C=O) groups is 1. The maximum Gasteiger partial charge on any atom is 0.152 e. The Morgan fingerprint density at radius 3 is 2.47 bits per heavy atom. The Labute approximate surface area is 91.8 Å². The van der Waals surface area contributed by atoms with Crippen molar-refractivity contribution in [3.8, 4) is 0 Å². The van der Waals surface area contributed by atoms with Crippen molar-refractivity contribution in [2.24, 2.45) is 0 Å². The summed E-state index contributed by atoms with van der Waals surface area (Å²) in [7, 11) is 0. The lowest BCUT2D eigenvalue weighted by Crippen LogP contribution is -1.90. The summed E-state index contributed by atoms with van der Waals surface area (Å²) in [6, 6.07) is 10.1. The highest BCUT2D eigenvalue weighted by molar-refractivity contribution is 5.95. The highest BCUT2D eigenvalue weighted by Crippen LogP contribution is 2.20. The van der Waals surface area contributed by atoms with Gasteiger partial charge in [-0.3, -0.25) is 4.79 Å². The number of rotatable bonds is 5. The van der Waals surface area contributed by atoms with Crippen molar-refractivity contribution in [1.29, 1.82) is 0 Å². The van der Waals surface area contributed by atoms with Gasteiger partial charge in [-0.05, 0) is 37.0 Å². The van der Waals surface area contributed by atoms with Crippen LogP contribution in [0.4, 0.5) is 0 Å². The summed E-state index contributed by atoms with van der Waals surface area (Å²) >= 11 is 0. The lowest BCUT2D eigenvalue weighted by Gasteiger charge is -2.06. The summed E-state index contributed by atoms with van der Waals surface area (Å²) in [4.78, 5) is 11.1. The van der Waals surface area contributed by atoms with Crippen LogP contribution in [0.3, 0.4) is 0 Å². The number of ketones is 1. The Kier molecular flexibility index (Phi) is 4.82. The molecule has 0 spiro atoms. The first-order valence-electron chi connectivity index (χ1n) is 5.50. The van der Waals surface area contributed by atoms with E-state index >= 15 is 0 Å². The van der Waals surface area contributed by atoms with E-state index in [1.807, 2.05) is 18.2 Å². The average molecular weight is 202 g/mol. The molecule has 80 valence electrons. The first-order chi connectivity index (χ1) is 7.24. The fraction of sp³-hybridized carbons (Fsp3) is 0.357.